The van der Waals surface area contributed by atoms with Crippen LogP contribution in [0.3, 0.4) is 0 Å². The maximum absolute atomic E-state index is 9.42. The first-order valence-electron chi connectivity index (χ1n) is 5.90. The first-order valence-corrected chi connectivity index (χ1v) is 5.90. The minimum absolute atomic E-state index is 0.0162. The molecule has 6 heteroatoms. The highest BCUT2D eigenvalue weighted by Gasteiger charge is 2.33. The number of nitrogens with two attached hydrogens (primary N) is 1. The predicted molar refractivity (Wildman–Crippen MR) is 70.9 cm³/mol. The maximum atomic E-state index is 9.42. The summed E-state index contributed by atoms with van der Waals surface area (Å²) < 4.78 is 1.90. The number of imidazole rings is 1. The van der Waals surface area contributed by atoms with Gasteiger partial charge >= 0.3 is 0 Å². The molecule has 0 saturated carbocycles. The fraction of sp³-hybridized carbons (Fsp3) is 0.308. The highest BCUT2D eigenvalue weighted by Crippen LogP contribution is 2.38. The number of nitrogens with zero attached hydrogens (tertiary/aromatic N) is 4. The molecule has 96 valence electrons. The molecule has 0 aromatic carbocycles. The van der Waals surface area contributed by atoms with Crippen LogP contribution in [0.5, 0.6) is 0 Å². The van der Waals surface area contributed by atoms with Crippen LogP contribution in [0.15, 0.2) is 24.8 Å². The van der Waals surface area contributed by atoms with E-state index < -0.39 is 5.41 Å². The molecule has 0 bridgehead atoms. The van der Waals surface area contributed by atoms with Gasteiger partial charge < -0.3 is 15.4 Å². The largest absolute Gasteiger partial charge is 0.394 e. The molecule has 2 atom stereocenters. The van der Waals surface area contributed by atoms with Crippen molar-refractivity contribution in [2.75, 3.05) is 12.3 Å². The number of terminal acetylenes is 1. The lowest BCUT2D eigenvalue weighted by Gasteiger charge is -2.20. The molecule has 0 radical (unpaired) electrons. The van der Waals surface area contributed by atoms with E-state index in [1.54, 1.807) is 6.33 Å². The summed E-state index contributed by atoms with van der Waals surface area (Å²) in [5.41, 5.74) is 6.41. The lowest BCUT2D eigenvalue weighted by Crippen LogP contribution is -2.20. The van der Waals surface area contributed by atoms with Gasteiger partial charge in [0.25, 0.3) is 0 Å². The first-order chi connectivity index (χ1) is 9.19. The normalized spacial score (nSPS) is 25.8. The van der Waals surface area contributed by atoms with E-state index in [9.17, 15) is 5.11 Å². The van der Waals surface area contributed by atoms with Gasteiger partial charge in [0.05, 0.1) is 24.4 Å². The summed E-state index contributed by atoms with van der Waals surface area (Å²) >= 11 is 0. The number of aromatic nitrogens is 4. The van der Waals surface area contributed by atoms with Gasteiger partial charge in [-0.05, 0) is 6.42 Å². The number of hydrogen-bond donors (Lipinski definition) is 2. The van der Waals surface area contributed by atoms with E-state index in [0.717, 1.165) is 0 Å². The van der Waals surface area contributed by atoms with Gasteiger partial charge in [-0.2, -0.15) is 0 Å². The number of fused-ring (bicyclic) bond motifs is 1. The molecule has 0 fully saturated rings. The van der Waals surface area contributed by atoms with E-state index in [1.807, 2.05) is 16.7 Å². The van der Waals surface area contributed by atoms with Gasteiger partial charge in [0.1, 0.15) is 11.8 Å². The van der Waals surface area contributed by atoms with Gasteiger partial charge in [0.2, 0.25) is 0 Å². The second kappa shape index (κ2) is 4.07. The quantitative estimate of drug-likeness (QED) is 0.603. The minimum atomic E-state index is -0.597. The summed E-state index contributed by atoms with van der Waals surface area (Å²) in [6.07, 6.45) is 13.0. The van der Waals surface area contributed by atoms with Gasteiger partial charge in [-0.1, -0.05) is 18.1 Å². The number of aliphatic hydroxyl groups excluding tert-OH is 1. The summed E-state index contributed by atoms with van der Waals surface area (Å²) in [6.45, 7) is -0.0692. The standard InChI is InChI=1S/C13H13N5O/c1-2-13(6-19)4-3-9(5-13)18-8-17-10-11(14)15-7-16-12(10)18/h1,3-4,7-9,19H,5-6H2,(H2,14,15,16)/t9-,13+/m0/s1. The predicted octanol–water partition coefficient (Wildman–Crippen LogP) is 0.521. The zero-order chi connectivity index (χ0) is 13.5. The van der Waals surface area contributed by atoms with E-state index in [2.05, 4.69) is 20.9 Å². The van der Waals surface area contributed by atoms with Crippen molar-refractivity contribution < 1.29 is 5.11 Å². The number of allylic oxidation sites excluding steroid dienone is 1. The van der Waals surface area contributed by atoms with Crippen LogP contribution in [0.2, 0.25) is 0 Å². The fourth-order valence-corrected chi connectivity index (χ4v) is 2.38. The number of aliphatic hydroxyl groups is 1. The van der Waals surface area contributed by atoms with Crippen LogP contribution in [0.25, 0.3) is 11.2 Å². The Hall–Kier alpha value is -2.39. The van der Waals surface area contributed by atoms with Gasteiger partial charge in [0.15, 0.2) is 11.5 Å². The molecular weight excluding hydrogens is 242 g/mol. The maximum Gasteiger partial charge on any atom is 0.165 e. The zero-order valence-electron chi connectivity index (χ0n) is 10.2. The Bertz CT molecular complexity index is 699. The average Bonchev–Trinajstić information content (AvgIpc) is 3.03. The van der Waals surface area contributed by atoms with Crippen molar-refractivity contribution in [3.8, 4) is 12.3 Å². The van der Waals surface area contributed by atoms with Crippen molar-refractivity contribution in [2.24, 2.45) is 5.41 Å². The zero-order valence-corrected chi connectivity index (χ0v) is 10.2. The van der Waals surface area contributed by atoms with Gasteiger partial charge in [-0.3, -0.25) is 0 Å². The Morgan fingerprint density at radius 1 is 1.53 bits per heavy atom. The van der Waals surface area contributed by atoms with Crippen LogP contribution in [0.1, 0.15) is 12.5 Å². The third-order valence-electron chi connectivity index (χ3n) is 3.52. The summed E-state index contributed by atoms with van der Waals surface area (Å²) in [7, 11) is 0. The van der Waals surface area contributed by atoms with Crippen LogP contribution < -0.4 is 5.73 Å². The molecule has 1 aliphatic carbocycles. The Morgan fingerprint density at radius 2 is 2.37 bits per heavy atom. The van der Waals surface area contributed by atoms with Crippen molar-refractivity contribution in [3.63, 3.8) is 0 Å². The van der Waals surface area contributed by atoms with E-state index in [1.165, 1.54) is 6.33 Å². The average molecular weight is 255 g/mol. The van der Waals surface area contributed by atoms with Gasteiger partial charge in [-0.15, -0.1) is 6.42 Å². The molecule has 2 heterocycles. The summed E-state index contributed by atoms with van der Waals surface area (Å²) in [6, 6.07) is 0.0162. The molecular formula is C13H13N5O. The summed E-state index contributed by atoms with van der Waals surface area (Å²) in [5.74, 6) is 3.01. The number of nitrogen functional groups attached to an aromatic ring is 1. The molecule has 1 aliphatic rings. The van der Waals surface area contributed by atoms with Gasteiger partial charge in [-0.25, -0.2) is 15.0 Å². The molecule has 2 aromatic heterocycles. The molecule has 2 aromatic rings. The molecule has 0 spiro atoms. The molecule has 0 saturated heterocycles. The van der Waals surface area contributed by atoms with Crippen molar-refractivity contribution in [3.05, 3.63) is 24.8 Å². The van der Waals surface area contributed by atoms with E-state index in [4.69, 9.17) is 12.2 Å². The molecule has 0 aliphatic heterocycles. The van der Waals surface area contributed by atoms with Gasteiger partial charge in [0, 0.05) is 0 Å². The van der Waals surface area contributed by atoms with Crippen molar-refractivity contribution in [1.82, 2.24) is 19.5 Å². The molecule has 0 amide bonds. The van der Waals surface area contributed by atoms with E-state index in [-0.39, 0.29) is 12.6 Å². The SMILES string of the molecule is C#C[C@@]1(CO)C=C[C@H](n2cnc3c(N)ncnc32)C1. The lowest BCUT2D eigenvalue weighted by molar-refractivity contribution is 0.204. The Kier molecular flexibility index (Phi) is 2.50. The number of rotatable bonds is 2. The molecule has 19 heavy (non-hydrogen) atoms. The highest BCUT2D eigenvalue weighted by atomic mass is 16.3. The van der Waals surface area contributed by atoms with E-state index in [0.29, 0.717) is 23.4 Å². The van der Waals surface area contributed by atoms with Crippen molar-refractivity contribution in [2.45, 2.75) is 12.5 Å². The monoisotopic (exact) mass is 255 g/mol. The Labute approximate surface area is 110 Å². The summed E-state index contributed by atoms with van der Waals surface area (Å²) in [4.78, 5) is 12.3. The van der Waals surface area contributed by atoms with Crippen LogP contribution in [-0.2, 0) is 0 Å². The summed E-state index contributed by atoms with van der Waals surface area (Å²) in [5, 5.41) is 9.42. The lowest BCUT2D eigenvalue weighted by atomic mass is 9.89. The molecule has 3 rings (SSSR count). The number of anilines is 1. The third-order valence-corrected chi connectivity index (χ3v) is 3.52. The van der Waals surface area contributed by atoms with Crippen LogP contribution in [0, 0.1) is 17.8 Å². The molecule has 3 N–H and O–H groups in total. The third kappa shape index (κ3) is 1.67. The van der Waals surface area contributed by atoms with Crippen molar-refractivity contribution in [1.29, 1.82) is 0 Å². The van der Waals surface area contributed by atoms with Crippen LogP contribution in [0.4, 0.5) is 5.82 Å². The van der Waals surface area contributed by atoms with Crippen LogP contribution in [-0.4, -0.2) is 31.2 Å². The minimum Gasteiger partial charge on any atom is -0.394 e. The molecule has 0 unspecified atom stereocenters. The molecule has 6 nitrogen and oxygen atoms in total. The smallest absolute Gasteiger partial charge is 0.165 e. The van der Waals surface area contributed by atoms with E-state index >= 15 is 0 Å². The van der Waals surface area contributed by atoms with Crippen molar-refractivity contribution >= 4 is 17.0 Å². The number of hydrogen-bond acceptors (Lipinski definition) is 5. The van der Waals surface area contributed by atoms with Crippen LogP contribution >= 0.6 is 0 Å². The second-order valence-corrected chi connectivity index (χ2v) is 4.67. The Morgan fingerprint density at radius 3 is 3.05 bits per heavy atom. The second-order valence-electron chi connectivity index (χ2n) is 4.67. The fourth-order valence-electron chi connectivity index (χ4n) is 2.38. The Balaban J connectivity index is 2.02. The highest BCUT2D eigenvalue weighted by molar-refractivity contribution is 5.81. The topological polar surface area (TPSA) is 89.8 Å². The first kappa shape index (κ1) is 11.7.